The van der Waals surface area contributed by atoms with Crippen LogP contribution in [-0.4, -0.2) is 17.2 Å². The second-order valence-corrected chi connectivity index (χ2v) is 5.81. The third kappa shape index (κ3) is 1.41. The number of rotatable bonds is 2. The van der Waals surface area contributed by atoms with Crippen molar-refractivity contribution in [2.75, 3.05) is 0 Å². The van der Waals surface area contributed by atoms with Gasteiger partial charge in [-0.05, 0) is 68.0 Å². The molecular formula is C11H19BO2. The van der Waals surface area contributed by atoms with Gasteiger partial charge in [-0.1, -0.05) is 0 Å². The van der Waals surface area contributed by atoms with E-state index >= 15 is 0 Å². The Hall–Kier alpha value is -0.0151. The monoisotopic (exact) mass is 194 g/mol. The standard InChI is InChI=1S/C11H19BO2/c13-12(14)6-11-9-2-7-1-8(4-9)5-10(11)3-7/h7-11,13-14H,1-6H2. The third-order valence-corrected chi connectivity index (χ3v) is 4.90. The van der Waals surface area contributed by atoms with Crippen LogP contribution in [0.25, 0.3) is 0 Å². The quantitative estimate of drug-likeness (QED) is 0.654. The normalized spacial score (nSPS) is 49.7. The molecule has 0 radical (unpaired) electrons. The fourth-order valence-electron chi connectivity index (χ4n) is 4.67. The van der Waals surface area contributed by atoms with Crippen molar-refractivity contribution in [2.45, 2.75) is 38.4 Å². The van der Waals surface area contributed by atoms with E-state index in [1.54, 1.807) is 0 Å². The summed E-state index contributed by atoms with van der Waals surface area (Å²) in [6.45, 7) is 0. The zero-order valence-corrected chi connectivity index (χ0v) is 8.60. The summed E-state index contributed by atoms with van der Waals surface area (Å²) in [7, 11) is -1.07. The lowest BCUT2D eigenvalue weighted by atomic mass is 9.49. The van der Waals surface area contributed by atoms with Crippen molar-refractivity contribution < 1.29 is 10.0 Å². The van der Waals surface area contributed by atoms with Gasteiger partial charge in [-0.2, -0.15) is 0 Å². The minimum Gasteiger partial charge on any atom is -0.427 e. The van der Waals surface area contributed by atoms with E-state index in [4.69, 9.17) is 10.0 Å². The van der Waals surface area contributed by atoms with Crippen molar-refractivity contribution in [3.63, 3.8) is 0 Å². The fourth-order valence-corrected chi connectivity index (χ4v) is 4.67. The largest absolute Gasteiger partial charge is 0.451 e. The summed E-state index contributed by atoms with van der Waals surface area (Å²) in [5.74, 6) is 4.26. The molecular weight excluding hydrogens is 175 g/mol. The highest BCUT2D eigenvalue weighted by Crippen LogP contribution is 2.57. The Bertz CT molecular complexity index is 201. The Morgan fingerprint density at radius 2 is 1.36 bits per heavy atom. The molecule has 0 aliphatic heterocycles. The summed E-state index contributed by atoms with van der Waals surface area (Å²) in [5, 5.41) is 18.2. The minimum atomic E-state index is -1.07. The Labute approximate surface area is 85.9 Å². The van der Waals surface area contributed by atoms with E-state index in [9.17, 15) is 0 Å². The third-order valence-electron chi connectivity index (χ3n) is 4.90. The Balaban J connectivity index is 1.74. The highest BCUT2D eigenvalue weighted by molar-refractivity contribution is 6.41. The molecule has 0 saturated heterocycles. The molecule has 78 valence electrons. The second-order valence-electron chi connectivity index (χ2n) is 5.81. The lowest BCUT2D eigenvalue weighted by molar-refractivity contribution is -0.0303. The van der Waals surface area contributed by atoms with Crippen LogP contribution < -0.4 is 0 Å². The molecule has 0 unspecified atom stereocenters. The predicted molar refractivity (Wildman–Crippen MR) is 55.5 cm³/mol. The first-order valence-electron chi connectivity index (χ1n) is 6.08. The van der Waals surface area contributed by atoms with E-state index in [0.29, 0.717) is 12.2 Å². The van der Waals surface area contributed by atoms with Crippen LogP contribution in [0.15, 0.2) is 0 Å². The predicted octanol–water partition coefficient (Wildman–Crippen LogP) is 1.53. The summed E-state index contributed by atoms with van der Waals surface area (Å²) >= 11 is 0. The van der Waals surface area contributed by atoms with Gasteiger partial charge in [0, 0.05) is 0 Å². The summed E-state index contributed by atoms with van der Waals surface area (Å²) < 4.78 is 0. The van der Waals surface area contributed by atoms with Crippen LogP contribution in [0, 0.1) is 29.6 Å². The van der Waals surface area contributed by atoms with E-state index < -0.39 is 7.12 Å². The van der Waals surface area contributed by atoms with Gasteiger partial charge in [-0.3, -0.25) is 0 Å². The Kier molecular flexibility index (Phi) is 2.14. The van der Waals surface area contributed by atoms with Gasteiger partial charge >= 0.3 is 7.12 Å². The van der Waals surface area contributed by atoms with Crippen molar-refractivity contribution in [2.24, 2.45) is 29.6 Å². The first kappa shape index (κ1) is 9.23. The summed E-state index contributed by atoms with van der Waals surface area (Å²) in [5.41, 5.74) is 0. The topological polar surface area (TPSA) is 40.5 Å². The molecule has 4 aliphatic carbocycles. The van der Waals surface area contributed by atoms with E-state index in [0.717, 1.165) is 23.7 Å². The molecule has 0 aromatic rings. The number of hydrogen-bond donors (Lipinski definition) is 2. The zero-order chi connectivity index (χ0) is 9.71. The van der Waals surface area contributed by atoms with E-state index in [2.05, 4.69) is 0 Å². The Morgan fingerprint density at radius 1 is 0.857 bits per heavy atom. The highest BCUT2D eigenvalue weighted by atomic mass is 16.4. The van der Waals surface area contributed by atoms with E-state index in [-0.39, 0.29) is 0 Å². The molecule has 0 spiro atoms. The van der Waals surface area contributed by atoms with Crippen molar-refractivity contribution in [1.82, 2.24) is 0 Å². The molecule has 2 nitrogen and oxygen atoms in total. The maximum Gasteiger partial charge on any atom is 0.451 e. The SMILES string of the molecule is OB(O)CC1C2CC3CC(C2)CC1C3. The van der Waals surface area contributed by atoms with Gasteiger partial charge in [-0.15, -0.1) is 0 Å². The zero-order valence-electron chi connectivity index (χ0n) is 8.60. The molecule has 4 aliphatic rings. The molecule has 0 heterocycles. The lowest BCUT2D eigenvalue weighted by Gasteiger charge is -2.54. The van der Waals surface area contributed by atoms with Gasteiger partial charge in [0.25, 0.3) is 0 Å². The molecule has 0 aromatic carbocycles. The van der Waals surface area contributed by atoms with Crippen LogP contribution in [0.5, 0.6) is 0 Å². The van der Waals surface area contributed by atoms with Crippen molar-refractivity contribution in [3.8, 4) is 0 Å². The summed E-state index contributed by atoms with van der Waals surface area (Å²) in [6.07, 6.45) is 7.62. The van der Waals surface area contributed by atoms with Gasteiger partial charge in [0.1, 0.15) is 0 Å². The lowest BCUT2D eigenvalue weighted by Crippen LogP contribution is -2.46. The average Bonchev–Trinajstić information content (AvgIpc) is 2.09. The van der Waals surface area contributed by atoms with Crippen LogP contribution in [0.2, 0.25) is 6.32 Å². The Morgan fingerprint density at radius 3 is 1.79 bits per heavy atom. The van der Waals surface area contributed by atoms with Crippen molar-refractivity contribution in [1.29, 1.82) is 0 Å². The van der Waals surface area contributed by atoms with Gasteiger partial charge in [0.15, 0.2) is 0 Å². The summed E-state index contributed by atoms with van der Waals surface area (Å²) in [6, 6.07) is 0. The van der Waals surface area contributed by atoms with Crippen LogP contribution >= 0.6 is 0 Å². The number of hydrogen-bond acceptors (Lipinski definition) is 2. The van der Waals surface area contributed by atoms with Gasteiger partial charge in [0.05, 0.1) is 0 Å². The molecule has 0 atom stereocenters. The molecule has 4 fully saturated rings. The average molecular weight is 194 g/mol. The van der Waals surface area contributed by atoms with Crippen LogP contribution in [0.3, 0.4) is 0 Å². The molecule has 0 aromatic heterocycles. The first-order valence-corrected chi connectivity index (χ1v) is 6.08. The van der Waals surface area contributed by atoms with Crippen LogP contribution in [0.4, 0.5) is 0 Å². The smallest absolute Gasteiger partial charge is 0.427 e. The molecule has 0 amide bonds. The summed E-state index contributed by atoms with van der Waals surface area (Å²) in [4.78, 5) is 0. The second kappa shape index (κ2) is 3.24. The van der Waals surface area contributed by atoms with Crippen molar-refractivity contribution >= 4 is 7.12 Å². The van der Waals surface area contributed by atoms with Gasteiger partial charge < -0.3 is 10.0 Å². The maximum absolute atomic E-state index is 9.09. The van der Waals surface area contributed by atoms with Gasteiger partial charge in [0.2, 0.25) is 0 Å². The van der Waals surface area contributed by atoms with Gasteiger partial charge in [-0.25, -0.2) is 0 Å². The first-order chi connectivity index (χ1) is 6.72. The fraction of sp³-hybridized carbons (Fsp3) is 1.00. The molecule has 14 heavy (non-hydrogen) atoms. The molecule has 2 N–H and O–H groups in total. The van der Waals surface area contributed by atoms with Crippen molar-refractivity contribution in [3.05, 3.63) is 0 Å². The van der Waals surface area contributed by atoms with E-state index in [1.165, 1.54) is 32.1 Å². The molecule has 4 saturated carbocycles. The molecule has 3 heteroatoms. The van der Waals surface area contributed by atoms with Crippen LogP contribution in [0.1, 0.15) is 32.1 Å². The maximum atomic E-state index is 9.09. The molecule has 4 rings (SSSR count). The molecule has 4 bridgehead atoms. The highest BCUT2D eigenvalue weighted by Gasteiger charge is 2.48. The van der Waals surface area contributed by atoms with E-state index in [1.807, 2.05) is 0 Å². The minimum absolute atomic E-state index is 0.628. The van der Waals surface area contributed by atoms with Crippen LogP contribution in [-0.2, 0) is 0 Å².